The zero-order valence-electron chi connectivity index (χ0n) is 15.7. The SMILES string of the molecule is Cc1cccc(-n2ncc3c(=O)n(CC(=O)NC(C)(C)C)cnc32)c1C. The zero-order chi connectivity index (χ0) is 19.1. The number of nitrogens with zero attached hydrogens (tertiary/aromatic N) is 4. The first-order valence-electron chi connectivity index (χ1n) is 8.48. The van der Waals surface area contributed by atoms with E-state index in [2.05, 4.69) is 15.4 Å². The average molecular weight is 353 g/mol. The minimum atomic E-state index is -0.355. The highest BCUT2D eigenvalue weighted by atomic mass is 16.2. The van der Waals surface area contributed by atoms with E-state index in [1.54, 1.807) is 4.68 Å². The van der Waals surface area contributed by atoms with Crippen molar-refractivity contribution in [1.29, 1.82) is 0 Å². The molecular weight excluding hydrogens is 330 g/mol. The van der Waals surface area contributed by atoms with Crippen molar-refractivity contribution in [2.24, 2.45) is 0 Å². The van der Waals surface area contributed by atoms with Gasteiger partial charge in [0.1, 0.15) is 18.3 Å². The topological polar surface area (TPSA) is 81.8 Å². The number of amides is 1. The number of rotatable bonds is 3. The molecule has 0 radical (unpaired) electrons. The molecule has 1 N–H and O–H groups in total. The van der Waals surface area contributed by atoms with Gasteiger partial charge in [0.15, 0.2) is 5.65 Å². The highest BCUT2D eigenvalue weighted by molar-refractivity contribution is 5.78. The van der Waals surface area contributed by atoms with E-state index in [0.29, 0.717) is 11.0 Å². The summed E-state index contributed by atoms with van der Waals surface area (Å²) >= 11 is 0. The number of fused-ring (bicyclic) bond motifs is 1. The van der Waals surface area contributed by atoms with Crippen molar-refractivity contribution in [3.05, 3.63) is 52.2 Å². The number of nitrogens with one attached hydrogen (secondary N) is 1. The molecule has 0 spiro atoms. The second-order valence-electron chi connectivity index (χ2n) is 7.49. The molecule has 0 saturated heterocycles. The molecule has 0 aliphatic rings. The van der Waals surface area contributed by atoms with Crippen LogP contribution in [-0.2, 0) is 11.3 Å². The lowest BCUT2D eigenvalue weighted by Crippen LogP contribution is -2.43. The first-order chi connectivity index (χ1) is 12.2. The van der Waals surface area contributed by atoms with Crippen LogP contribution in [-0.4, -0.2) is 30.8 Å². The van der Waals surface area contributed by atoms with Gasteiger partial charge in [-0.2, -0.15) is 5.10 Å². The molecular formula is C19H23N5O2. The van der Waals surface area contributed by atoms with Crippen molar-refractivity contribution in [2.45, 2.75) is 46.7 Å². The third kappa shape index (κ3) is 3.37. The van der Waals surface area contributed by atoms with Crippen LogP contribution >= 0.6 is 0 Å². The molecule has 7 nitrogen and oxygen atoms in total. The van der Waals surface area contributed by atoms with Crippen molar-refractivity contribution in [2.75, 3.05) is 0 Å². The Morgan fingerprint density at radius 1 is 1.23 bits per heavy atom. The smallest absolute Gasteiger partial charge is 0.264 e. The monoisotopic (exact) mass is 353 g/mol. The molecule has 3 rings (SSSR count). The van der Waals surface area contributed by atoms with Gasteiger partial charge in [-0.15, -0.1) is 0 Å². The van der Waals surface area contributed by atoms with E-state index in [9.17, 15) is 9.59 Å². The van der Waals surface area contributed by atoms with Crippen LogP contribution in [0.1, 0.15) is 31.9 Å². The Kier molecular flexibility index (Phi) is 4.39. The van der Waals surface area contributed by atoms with E-state index in [0.717, 1.165) is 16.8 Å². The minimum absolute atomic E-state index is 0.0757. The number of carbonyl (C=O) groups excluding carboxylic acids is 1. The van der Waals surface area contributed by atoms with Crippen LogP contribution in [0.3, 0.4) is 0 Å². The predicted molar refractivity (Wildman–Crippen MR) is 100 cm³/mol. The quantitative estimate of drug-likeness (QED) is 0.782. The van der Waals surface area contributed by atoms with Gasteiger partial charge in [0, 0.05) is 5.54 Å². The fourth-order valence-electron chi connectivity index (χ4n) is 2.82. The van der Waals surface area contributed by atoms with Gasteiger partial charge in [0.25, 0.3) is 5.56 Å². The van der Waals surface area contributed by atoms with Crippen molar-refractivity contribution in [1.82, 2.24) is 24.6 Å². The molecule has 0 bridgehead atoms. The van der Waals surface area contributed by atoms with E-state index < -0.39 is 0 Å². The first-order valence-corrected chi connectivity index (χ1v) is 8.48. The Morgan fingerprint density at radius 2 is 1.96 bits per heavy atom. The van der Waals surface area contributed by atoms with Crippen LogP contribution in [0, 0.1) is 13.8 Å². The Morgan fingerprint density at radius 3 is 2.65 bits per heavy atom. The first kappa shape index (κ1) is 17.8. The fourth-order valence-corrected chi connectivity index (χ4v) is 2.82. The summed E-state index contributed by atoms with van der Waals surface area (Å²) in [5.41, 5.74) is 2.94. The second-order valence-corrected chi connectivity index (χ2v) is 7.49. The maximum atomic E-state index is 12.7. The Labute approximate surface area is 151 Å². The summed E-state index contributed by atoms with van der Waals surface area (Å²) in [5, 5.41) is 7.57. The van der Waals surface area contributed by atoms with Crippen molar-refractivity contribution < 1.29 is 4.79 Å². The lowest BCUT2D eigenvalue weighted by molar-refractivity contribution is -0.123. The minimum Gasteiger partial charge on any atom is -0.350 e. The highest BCUT2D eigenvalue weighted by Crippen LogP contribution is 2.19. The Hall–Kier alpha value is -2.96. The number of carbonyl (C=O) groups is 1. The van der Waals surface area contributed by atoms with Gasteiger partial charge >= 0.3 is 0 Å². The predicted octanol–water partition coefficient (Wildman–Crippen LogP) is 2.11. The van der Waals surface area contributed by atoms with Crippen LogP contribution in [0.2, 0.25) is 0 Å². The summed E-state index contributed by atoms with van der Waals surface area (Å²) in [7, 11) is 0. The molecule has 7 heteroatoms. The zero-order valence-corrected chi connectivity index (χ0v) is 15.7. The summed E-state index contributed by atoms with van der Waals surface area (Å²) in [6, 6.07) is 5.92. The summed E-state index contributed by atoms with van der Waals surface area (Å²) in [5.74, 6) is -0.234. The molecule has 0 unspecified atom stereocenters. The molecule has 2 aromatic heterocycles. The Balaban J connectivity index is 2.01. The van der Waals surface area contributed by atoms with Crippen LogP contribution in [0.15, 0.2) is 35.5 Å². The van der Waals surface area contributed by atoms with Gasteiger partial charge in [-0.1, -0.05) is 12.1 Å². The summed E-state index contributed by atoms with van der Waals surface area (Å²) in [6.45, 7) is 9.64. The van der Waals surface area contributed by atoms with Gasteiger partial charge in [0.2, 0.25) is 5.91 Å². The van der Waals surface area contributed by atoms with Crippen LogP contribution in [0.5, 0.6) is 0 Å². The number of benzene rings is 1. The standard InChI is InChI=1S/C19H23N5O2/c1-12-7-6-8-15(13(12)2)24-17-14(9-21-24)18(26)23(11-20-17)10-16(25)22-19(3,4)5/h6-9,11H,10H2,1-5H3,(H,22,25). The lowest BCUT2D eigenvalue weighted by Gasteiger charge is -2.20. The molecule has 1 amide bonds. The van der Waals surface area contributed by atoms with E-state index in [-0.39, 0.29) is 23.6 Å². The van der Waals surface area contributed by atoms with Gasteiger partial charge in [-0.3, -0.25) is 14.2 Å². The van der Waals surface area contributed by atoms with E-state index in [1.165, 1.54) is 17.1 Å². The molecule has 0 aliphatic heterocycles. The molecule has 2 heterocycles. The summed E-state index contributed by atoms with van der Waals surface area (Å²) < 4.78 is 2.97. The second kappa shape index (κ2) is 6.40. The molecule has 1 aromatic carbocycles. The summed E-state index contributed by atoms with van der Waals surface area (Å²) in [6.07, 6.45) is 2.90. The maximum Gasteiger partial charge on any atom is 0.264 e. The lowest BCUT2D eigenvalue weighted by atomic mass is 10.1. The van der Waals surface area contributed by atoms with Crippen LogP contribution in [0.25, 0.3) is 16.7 Å². The molecule has 0 atom stereocenters. The van der Waals surface area contributed by atoms with Crippen molar-refractivity contribution in [3.63, 3.8) is 0 Å². The summed E-state index contributed by atoms with van der Waals surface area (Å²) in [4.78, 5) is 29.2. The Bertz CT molecular complexity index is 1040. The highest BCUT2D eigenvalue weighted by Gasteiger charge is 2.17. The number of hydrogen-bond donors (Lipinski definition) is 1. The average Bonchev–Trinajstić information content (AvgIpc) is 2.95. The van der Waals surface area contributed by atoms with Gasteiger partial charge < -0.3 is 5.32 Å². The van der Waals surface area contributed by atoms with E-state index >= 15 is 0 Å². The number of aromatic nitrogens is 4. The van der Waals surface area contributed by atoms with Gasteiger partial charge in [-0.05, 0) is 51.8 Å². The van der Waals surface area contributed by atoms with E-state index in [4.69, 9.17) is 0 Å². The number of hydrogen-bond acceptors (Lipinski definition) is 4. The van der Waals surface area contributed by atoms with E-state index in [1.807, 2.05) is 52.8 Å². The molecule has 0 aliphatic carbocycles. The largest absolute Gasteiger partial charge is 0.350 e. The van der Waals surface area contributed by atoms with Gasteiger partial charge in [0.05, 0.1) is 11.9 Å². The molecule has 136 valence electrons. The molecule has 26 heavy (non-hydrogen) atoms. The third-order valence-corrected chi connectivity index (χ3v) is 4.19. The maximum absolute atomic E-state index is 12.7. The molecule has 0 saturated carbocycles. The number of aryl methyl sites for hydroxylation is 1. The van der Waals surface area contributed by atoms with Crippen LogP contribution < -0.4 is 10.9 Å². The van der Waals surface area contributed by atoms with Crippen molar-refractivity contribution >= 4 is 16.9 Å². The van der Waals surface area contributed by atoms with Crippen LogP contribution in [0.4, 0.5) is 0 Å². The molecule has 3 aromatic rings. The fraction of sp³-hybridized carbons (Fsp3) is 0.368. The molecule has 0 fully saturated rings. The normalized spacial score (nSPS) is 11.7. The third-order valence-electron chi connectivity index (χ3n) is 4.19. The van der Waals surface area contributed by atoms with Gasteiger partial charge in [-0.25, -0.2) is 9.67 Å². The van der Waals surface area contributed by atoms with Crippen molar-refractivity contribution in [3.8, 4) is 5.69 Å².